The van der Waals surface area contributed by atoms with Gasteiger partial charge in [0, 0.05) is 26.1 Å². The Morgan fingerprint density at radius 1 is 1.10 bits per heavy atom. The average Bonchev–Trinajstić information content (AvgIpc) is 2.71. The van der Waals surface area contributed by atoms with E-state index < -0.39 is 28.3 Å². The molecule has 0 saturated carbocycles. The summed E-state index contributed by atoms with van der Waals surface area (Å²) in [6, 6.07) is -1.16. The molecule has 20 heavy (non-hydrogen) atoms. The molecule has 0 aromatic heterocycles. The minimum absolute atomic E-state index is 0.0481. The average molecular weight is 306 g/mol. The predicted octanol–water partition coefficient (Wildman–Crippen LogP) is -0.271. The molecule has 0 bridgehead atoms. The molecule has 2 fully saturated rings. The quantitative estimate of drug-likeness (QED) is 0.748. The van der Waals surface area contributed by atoms with E-state index in [1.54, 1.807) is 0 Å². The van der Waals surface area contributed by atoms with Gasteiger partial charge < -0.3 is 10.2 Å². The van der Waals surface area contributed by atoms with Gasteiger partial charge in [0.1, 0.15) is 6.04 Å². The second kappa shape index (κ2) is 5.59. The first-order valence-corrected chi connectivity index (χ1v) is 8.29. The van der Waals surface area contributed by atoms with Gasteiger partial charge in [-0.2, -0.15) is 17.0 Å². The molecule has 116 valence electrons. The predicted molar refractivity (Wildman–Crippen MR) is 72.2 cm³/mol. The van der Waals surface area contributed by atoms with Crippen molar-refractivity contribution in [1.82, 2.24) is 8.61 Å². The van der Waals surface area contributed by atoms with E-state index in [0.717, 1.165) is 10.7 Å². The first-order chi connectivity index (χ1) is 9.21. The van der Waals surface area contributed by atoms with Crippen molar-refractivity contribution in [2.45, 2.75) is 38.8 Å². The maximum absolute atomic E-state index is 12.6. The Labute approximate surface area is 119 Å². The van der Waals surface area contributed by atoms with Gasteiger partial charge in [-0.15, -0.1) is 0 Å². The molecule has 2 aliphatic rings. The first-order valence-electron chi connectivity index (χ1n) is 6.89. The van der Waals surface area contributed by atoms with E-state index in [9.17, 15) is 18.3 Å². The summed E-state index contributed by atoms with van der Waals surface area (Å²) < 4.78 is 27.5. The molecule has 2 rings (SSSR count). The van der Waals surface area contributed by atoms with Gasteiger partial charge in [-0.25, -0.2) is 0 Å². The van der Waals surface area contributed by atoms with Crippen LogP contribution in [-0.2, 0) is 15.0 Å². The number of carboxylic acid groups (broad SMARTS) is 1. The van der Waals surface area contributed by atoms with Crippen LogP contribution in [0.3, 0.4) is 0 Å². The smallest absolute Gasteiger partial charge is 0.322 e. The lowest BCUT2D eigenvalue weighted by Crippen LogP contribution is -2.52. The summed E-state index contributed by atoms with van der Waals surface area (Å²) in [5.41, 5.74) is 0. The maximum Gasteiger partial charge on any atom is 0.322 e. The monoisotopic (exact) mass is 306 g/mol. The number of hydrogen-bond acceptors (Lipinski definition) is 4. The molecule has 8 heteroatoms. The van der Waals surface area contributed by atoms with E-state index in [2.05, 4.69) is 0 Å². The standard InChI is InChI=1S/C12H22N2O5S/c1-8-3-9(2)6-13(5-8)20(18,19)14-7-10(15)4-11(14)12(16)17/h8-11,15H,3-7H2,1-2H3,(H,16,17)/t8?,9?,10-,11-/m1/s1. The molecule has 0 amide bonds. The number of carbonyl (C=O) groups is 1. The van der Waals surface area contributed by atoms with Crippen molar-refractivity contribution in [1.29, 1.82) is 0 Å². The highest BCUT2D eigenvalue weighted by Gasteiger charge is 2.46. The van der Waals surface area contributed by atoms with Crippen molar-refractivity contribution >= 4 is 16.2 Å². The summed E-state index contributed by atoms with van der Waals surface area (Å²) in [5, 5.41) is 18.7. The lowest BCUT2D eigenvalue weighted by atomic mass is 9.94. The highest BCUT2D eigenvalue weighted by molar-refractivity contribution is 7.86. The highest BCUT2D eigenvalue weighted by Crippen LogP contribution is 2.29. The summed E-state index contributed by atoms with van der Waals surface area (Å²) in [6.45, 7) is 4.66. The second-order valence-electron chi connectivity index (χ2n) is 6.08. The molecule has 0 aliphatic carbocycles. The third kappa shape index (κ3) is 2.98. The number of aliphatic hydroxyl groups excluding tert-OH is 1. The third-order valence-corrected chi connectivity index (χ3v) is 5.92. The van der Waals surface area contributed by atoms with Gasteiger partial charge in [0.2, 0.25) is 0 Å². The van der Waals surface area contributed by atoms with E-state index in [1.807, 2.05) is 13.8 Å². The van der Waals surface area contributed by atoms with Gasteiger partial charge in [-0.05, 0) is 18.3 Å². The SMILES string of the molecule is CC1CC(C)CN(S(=O)(=O)N2C[C@H](O)C[C@@H]2C(=O)O)C1. The van der Waals surface area contributed by atoms with Gasteiger partial charge in [-0.1, -0.05) is 13.8 Å². The molecule has 7 nitrogen and oxygen atoms in total. The van der Waals surface area contributed by atoms with Gasteiger partial charge in [0.15, 0.2) is 0 Å². The van der Waals surface area contributed by atoms with Crippen LogP contribution in [0.5, 0.6) is 0 Å². The van der Waals surface area contributed by atoms with Crippen molar-refractivity contribution in [3.63, 3.8) is 0 Å². The molecule has 2 N–H and O–H groups in total. The van der Waals surface area contributed by atoms with Crippen molar-refractivity contribution < 1.29 is 23.4 Å². The molecule has 0 radical (unpaired) electrons. The number of carboxylic acids is 1. The molecule has 0 aromatic rings. The first kappa shape index (κ1) is 15.7. The minimum Gasteiger partial charge on any atom is -0.480 e. The number of piperidine rings is 1. The second-order valence-corrected chi connectivity index (χ2v) is 7.97. The maximum atomic E-state index is 12.6. The number of nitrogens with zero attached hydrogens (tertiary/aromatic N) is 2. The lowest BCUT2D eigenvalue weighted by molar-refractivity contribution is -0.140. The van der Waals surface area contributed by atoms with Gasteiger partial charge >= 0.3 is 5.97 Å². The number of rotatable bonds is 3. The number of β-amino-alcohol motifs (C(OH)–C–C–N with tert-alkyl or cyclic N) is 1. The molecule has 4 atom stereocenters. The molecule has 0 aromatic carbocycles. The molecule has 2 heterocycles. The van der Waals surface area contributed by atoms with Crippen LogP contribution < -0.4 is 0 Å². The lowest BCUT2D eigenvalue weighted by Gasteiger charge is -2.37. The van der Waals surface area contributed by atoms with E-state index in [0.29, 0.717) is 13.1 Å². The van der Waals surface area contributed by atoms with Crippen molar-refractivity contribution in [3.8, 4) is 0 Å². The Morgan fingerprint density at radius 3 is 2.15 bits per heavy atom. The van der Waals surface area contributed by atoms with Crippen molar-refractivity contribution in [2.24, 2.45) is 11.8 Å². The zero-order valence-electron chi connectivity index (χ0n) is 11.8. The van der Waals surface area contributed by atoms with Crippen LogP contribution in [-0.4, -0.2) is 65.0 Å². The fourth-order valence-corrected chi connectivity index (χ4v) is 5.25. The van der Waals surface area contributed by atoms with Crippen LogP contribution in [0, 0.1) is 11.8 Å². The van der Waals surface area contributed by atoms with Gasteiger partial charge in [0.25, 0.3) is 10.2 Å². The van der Waals surface area contributed by atoms with Crippen molar-refractivity contribution in [2.75, 3.05) is 19.6 Å². The Balaban J connectivity index is 2.23. The Bertz CT molecular complexity index is 470. The number of hydrogen-bond donors (Lipinski definition) is 2. The molecular formula is C12H22N2O5S. The Morgan fingerprint density at radius 2 is 1.65 bits per heavy atom. The largest absolute Gasteiger partial charge is 0.480 e. The van der Waals surface area contributed by atoms with Crippen LogP contribution in [0.25, 0.3) is 0 Å². The normalized spacial score (nSPS) is 37.1. The summed E-state index contributed by atoms with van der Waals surface area (Å²) >= 11 is 0. The zero-order chi connectivity index (χ0) is 15.1. The van der Waals surface area contributed by atoms with E-state index in [4.69, 9.17) is 5.11 Å². The van der Waals surface area contributed by atoms with Crippen LogP contribution in [0.1, 0.15) is 26.7 Å². The zero-order valence-corrected chi connectivity index (χ0v) is 12.6. The molecule has 2 aliphatic heterocycles. The van der Waals surface area contributed by atoms with E-state index in [1.165, 1.54) is 4.31 Å². The topological polar surface area (TPSA) is 98.2 Å². The Hall–Kier alpha value is -0.700. The fraction of sp³-hybridized carbons (Fsp3) is 0.917. The van der Waals surface area contributed by atoms with Crippen LogP contribution in [0.2, 0.25) is 0 Å². The number of aliphatic carboxylic acids is 1. The van der Waals surface area contributed by atoms with E-state index in [-0.39, 0.29) is 24.8 Å². The van der Waals surface area contributed by atoms with E-state index >= 15 is 0 Å². The molecule has 0 spiro atoms. The highest BCUT2D eigenvalue weighted by atomic mass is 32.2. The van der Waals surface area contributed by atoms with Crippen LogP contribution >= 0.6 is 0 Å². The van der Waals surface area contributed by atoms with Crippen LogP contribution in [0.4, 0.5) is 0 Å². The summed E-state index contributed by atoms with van der Waals surface area (Å²) in [6.07, 6.45) is 0.00958. The van der Waals surface area contributed by atoms with Gasteiger partial charge in [0.05, 0.1) is 6.10 Å². The molecule has 2 unspecified atom stereocenters. The number of aliphatic hydroxyl groups is 1. The minimum atomic E-state index is -3.83. The summed E-state index contributed by atoms with van der Waals surface area (Å²) in [7, 11) is -3.83. The van der Waals surface area contributed by atoms with Crippen molar-refractivity contribution in [3.05, 3.63) is 0 Å². The van der Waals surface area contributed by atoms with Crippen LogP contribution in [0.15, 0.2) is 0 Å². The molecule has 2 saturated heterocycles. The molecular weight excluding hydrogens is 284 g/mol. The summed E-state index contributed by atoms with van der Waals surface area (Å²) in [5.74, 6) is -0.697. The summed E-state index contributed by atoms with van der Waals surface area (Å²) in [4.78, 5) is 11.2. The Kier molecular flexibility index (Phi) is 4.38. The van der Waals surface area contributed by atoms with Gasteiger partial charge in [-0.3, -0.25) is 4.79 Å². The fourth-order valence-electron chi connectivity index (χ4n) is 3.21. The third-order valence-electron chi connectivity index (χ3n) is 3.98.